The number of hydrogen-bond acceptors (Lipinski definition) is 3. The van der Waals surface area contributed by atoms with Gasteiger partial charge in [0.2, 0.25) is 0 Å². The summed E-state index contributed by atoms with van der Waals surface area (Å²) in [7, 11) is 0. The molecule has 0 radical (unpaired) electrons. The van der Waals surface area contributed by atoms with Crippen molar-refractivity contribution in [2.75, 3.05) is 17.6 Å². The molecule has 1 aromatic carbocycles. The zero-order valence-electron chi connectivity index (χ0n) is 7.42. The first kappa shape index (κ1) is 8.91. The highest BCUT2D eigenvalue weighted by atomic mass is 32.2. The van der Waals surface area contributed by atoms with Crippen LogP contribution in [0.1, 0.15) is 12.0 Å². The van der Waals surface area contributed by atoms with Crippen molar-refractivity contribution >= 4 is 17.4 Å². The number of thioether (sulfide) groups is 1. The monoisotopic (exact) mass is 195 g/mol. The predicted octanol–water partition coefficient (Wildman–Crippen LogP) is 2.09. The number of nitrogens with one attached hydrogen (secondary N) is 1. The van der Waals surface area contributed by atoms with Gasteiger partial charge in [-0.15, -0.1) is 11.8 Å². The molecule has 0 saturated heterocycles. The Labute approximate surface area is 82.4 Å². The van der Waals surface area contributed by atoms with E-state index in [1.807, 2.05) is 23.9 Å². The molecule has 0 aromatic heterocycles. The van der Waals surface area contributed by atoms with E-state index in [-0.39, 0.29) is 6.61 Å². The molecule has 1 aromatic rings. The lowest BCUT2D eigenvalue weighted by Gasteiger charge is -2.07. The SMILES string of the molecule is OCc1ccc2c(c1)NCCCS2. The third-order valence-corrected chi connectivity index (χ3v) is 3.28. The van der Waals surface area contributed by atoms with Gasteiger partial charge in [0.05, 0.1) is 6.61 Å². The van der Waals surface area contributed by atoms with Gasteiger partial charge in [-0.25, -0.2) is 0 Å². The summed E-state index contributed by atoms with van der Waals surface area (Å²) in [5.74, 6) is 1.18. The number of anilines is 1. The van der Waals surface area contributed by atoms with Gasteiger partial charge >= 0.3 is 0 Å². The van der Waals surface area contributed by atoms with Crippen LogP contribution in [0, 0.1) is 0 Å². The lowest BCUT2D eigenvalue weighted by molar-refractivity contribution is 0.282. The molecule has 1 aliphatic rings. The molecular weight excluding hydrogens is 182 g/mol. The average Bonchev–Trinajstić information content (AvgIpc) is 2.41. The first-order chi connectivity index (χ1) is 6.40. The van der Waals surface area contributed by atoms with E-state index >= 15 is 0 Å². The summed E-state index contributed by atoms with van der Waals surface area (Å²) in [4.78, 5) is 1.30. The summed E-state index contributed by atoms with van der Waals surface area (Å²) in [6, 6.07) is 6.11. The van der Waals surface area contributed by atoms with Crippen LogP contribution >= 0.6 is 11.8 Å². The quantitative estimate of drug-likeness (QED) is 0.719. The molecule has 2 nitrogen and oxygen atoms in total. The van der Waals surface area contributed by atoms with Crippen LogP contribution in [0.5, 0.6) is 0 Å². The van der Waals surface area contributed by atoms with E-state index in [1.54, 1.807) is 0 Å². The Morgan fingerprint density at radius 3 is 3.23 bits per heavy atom. The smallest absolute Gasteiger partial charge is 0.0682 e. The molecule has 1 heterocycles. The molecule has 3 heteroatoms. The van der Waals surface area contributed by atoms with E-state index in [0.717, 1.165) is 12.1 Å². The molecule has 0 atom stereocenters. The zero-order chi connectivity index (χ0) is 9.10. The summed E-state index contributed by atoms with van der Waals surface area (Å²) in [6.07, 6.45) is 1.20. The van der Waals surface area contributed by atoms with Crippen molar-refractivity contribution in [3.05, 3.63) is 23.8 Å². The van der Waals surface area contributed by atoms with Gasteiger partial charge in [-0.3, -0.25) is 0 Å². The van der Waals surface area contributed by atoms with Gasteiger partial charge < -0.3 is 10.4 Å². The Morgan fingerprint density at radius 1 is 1.46 bits per heavy atom. The second-order valence-electron chi connectivity index (χ2n) is 3.12. The van der Waals surface area contributed by atoms with Crippen molar-refractivity contribution in [1.82, 2.24) is 0 Å². The van der Waals surface area contributed by atoms with Crippen molar-refractivity contribution in [3.63, 3.8) is 0 Å². The van der Waals surface area contributed by atoms with Gasteiger partial charge in [0.25, 0.3) is 0 Å². The van der Waals surface area contributed by atoms with E-state index in [0.29, 0.717) is 0 Å². The van der Waals surface area contributed by atoms with Gasteiger partial charge in [0, 0.05) is 17.1 Å². The fraction of sp³-hybridized carbons (Fsp3) is 0.400. The summed E-state index contributed by atoms with van der Waals surface area (Å²) in [5, 5.41) is 12.3. The van der Waals surface area contributed by atoms with Gasteiger partial charge in [-0.2, -0.15) is 0 Å². The zero-order valence-corrected chi connectivity index (χ0v) is 8.23. The second kappa shape index (κ2) is 4.03. The first-order valence-electron chi connectivity index (χ1n) is 4.50. The number of fused-ring (bicyclic) bond motifs is 1. The molecule has 0 spiro atoms. The third-order valence-electron chi connectivity index (χ3n) is 2.12. The maximum absolute atomic E-state index is 8.97. The van der Waals surface area contributed by atoms with Crippen molar-refractivity contribution < 1.29 is 5.11 Å². The largest absolute Gasteiger partial charge is 0.392 e. The van der Waals surface area contributed by atoms with Crippen LogP contribution in [-0.4, -0.2) is 17.4 Å². The topological polar surface area (TPSA) is 32.3 Å². The standard InChI is InChI=1S/C10H13NOS/c12-7-8-2-3-10-9(6-8)11-4-1-5-13-10/h2-3,6,11-12H,1,4-5,7H2. The van der Waals surface area contributed by atoms with Crippen LogP contribution in [-0.2, 0) is 6.61 Å². The molecule has 0 aliphatic carbocycles. The molecule has 0 bridgehead atoms. The highest BCUT2D eigenvalue weighted by molar-refractivity contribution is 7.99. The van der Waals surface area contributed by atoms with Crippen LogP contribution in [0.2, 0.25) is 0 Å². The Morgan fingerprint density at radius 2 is 2.38 bits per heavy atom. The Balaban J connectivity index is 2.32. The summed E-state index contributed by atoms with van der Waals surface area (Å²) < 4.78 is 0. The van der Waals surface area contributed by atoms with Crippen LogP contribution in [0.4, 0.5) is 5.69 Å². The minimum atomic E-state index is 0.125. The number of aliphatic hydroxyl groups is 1. The molecule has 70 valence electrons. The van der Waals surface area contributed by atoms with E-state index in [9.17, 15) is 0 Å². The molecule has 0 saturated carbocycles. The summed E-state index contributed by atoms with van der Waals surface area (Å²) in [6.45, 7) is 1.16. The average molecular weight is 195 g/mol. The van der Waals surface area contributed by atoms with Crippen molar-refractivity contribution in [3.8, 4) is 0 Å². The first-order valence-corrected chi connectivity index (χ1v) is 5.49. The molecule has 1 aliphatic heterocycles. The van der Waals surface area contributed by atoms with Crippen molar-refractivity contribution in [2.24, 2.45) is 0 Å². The minimum absolute atomic E-state index is 0.125. The van der Waals surface area contributed by atoms with Gasteiger partial charge in [0.1, 0.15) is 0 Å². The summed E-state index contributed by atoms with van der Waals surface area (Å²) in [5.41, 5.74) is 2.16. The number of benzene rings is 1. The lowest BCUT2D eigenvalue weighted by Crippen LogP contribution is -2.00. The summed E-state index contributed by atoms with van der Waals surface area (Å²) >= 11 is 1.88. The van der Waals surface area contributed by atoms with Crippen LogP contribution in [0.25, 0.3) is 0 Å². The maximum atomic E-state index is 8.97. The molecular formula is C10H13NOS. The van der Waals surface area contributed by atoms with Crippen LogP contribution in [0.15, 0.2) is 23.1 Å². The highest BCUT2D eigenvalue weighted by Crippen LogP contribution is 2.30. The lowest BCUT2D eigenvalue weighted by atomic mass is 10.2. The van der Waals surface area contributed by atoms with E-state index in [2.05, 4.69) is 11.4 Å². The number of aliphatic hydroxyl groups excluding tert-OH is 1. The number of hydrogen-bond donors (Lipinski definition) is 2. The fourth-order valence-corrected chi connectivity index (χ4v) is 2.38. The van der Waals surface area contributed by atoms with Gasteiger partial charge in [-0.05, 0) is 29.9 Å². The van der Waals surface area contributed by atoms with Crippen LogP contribution < -0.4 is 5.32 Å². The second-order valence-corrected chi connectivity index (χ2v) is 4.25. The highest BCUT2D eigenvalue weighted by Gasteiger charge is 2.07. The minimum Gasteiger partial charge on any atom is -0.392 e. The van der Waals surface area contributed by atoms with Crippen LogP contribution in [0.3, 0.4) is 0 Å². The Bertz CT molecular complexity index is 301. The van der Waals surface area contributed by atoms with Crippen molar-refractivity contribution in [2.45, 2.75) is 17.9 Å². The predicted molar refractivity (Wildman–Crippen MR) is 56.2 cm³/mol. The fourth-order valence-electron chi connectivity index (χ4n) is 1.42. The Kier molecular flexibility index (Phi) is 2.76. The van der Waals surface area contributed by atoms with Crippen molar-refractivity contribution in [1.29, 1.82) is 0 Å². The molecule has 2 N–H and O–H groups in total. The third kappa shape index (κ3) is 1.98. The van der Waals surface area contributed by atoms with Gasteiger partial charge in [0.15, 0.2) is 0 Å². The Hall–Kier alpha value is -0.670. The molecule has 0 fully saturated rings. The number of rotatable bonds is 1. The maximum Gasteiger partial charge on any atom is 0.0682 e. The van der Waals surface area contributed by atoms with E-state index < -0.39 is 0 Å². The van der Waals surface area contributed by atoms with E-state index in [4.69, 9.17) is 5.11 Å². The molecule has 0 unspecified atom stereocenters. The van der Waals surface area contributed by atoms with Gasteiger partial charge in [-0.1, -0.05) is 6.07 Å². The molecule has 0 amide bonds. The molecule has 2 rings (SSSR count). The van der Waals surface area contributed by atoms with E-state index in [1.165, 1.54) is 22.8 Å². The normalized spacial score (nSPS) is 15.8. The molecule has 13 heavy (non-hydrogen) atoms.